The van der Waals surface area contributed by atoms with Crippen LogP contribution in [0.3, 0.4) is 0 Å². The molecule has 2 rings (SSSR count). The number of pyridine rings is 1. The Hall–Kier alpha value is -2.76. The predicted molar refractivity (Wildman–Crippen MR) is 77.9 cm³/mol. The number of guanidine groups is 1. The van der Waals surface area contributed by atoms with Gasteiger partial charge >= 0.3 is 0 Å². The van der Waals surface area contributed by atoms with E-state index in [1.807, 2.05) is 0 Å². The minimum Gasteiger partial charge on any atom is -0.370 e. The van der Waals surface area contributed by atoms with Crippen LogP contribution in [0.1, 0.15) is 17.0 Å². The highest BCUT2D eigenvalue weighted by atomic mass is 19.1. The van der Waals surface area contributed by atoms with Gasteiger partial charge in [-0.25, -0.2) is 4.39 Å². The summed E-state index contributed by atoms with van der Waals surface area (Å²) in [6.07, 6.45) is 3.30. The second-order valence-corrected chi connectivity index (χ2v) is 4.51. The number of nitrogens with two attached hydrogens (primary N) is 2. The molecule has 5 nitrogen and oxygen atoms in total. The van der Waals surface area contributed by atoms with Crippen molar-refractivity contribution < 1.29 is 9.18 Å². The summed E-state index contributed by atoms with van der Waals surface area (Å²) in [6, 6.07) is 9.72. The molecule has 0 spiro atoms. The van der Waals surface area contributed by atoms with Crippen molar-refractivity contribution in [1.82, 2.24) is 4.98 Å². The second kappa shape index (κ2) is 6.60. The van der Waals surface area contributed by atoms with E-state index in [9.17, 15) is 9.18 Å². The van der Waals surface area contributed by atoms with Gasteiger partial charge in [-0.1, -0.05) is 24.3 Å². The van der Waals surface area contributed by atoms with Crippen molar-refractivity contribution >= 4 is 11.9 Å². The average Bonchev–Trinajstić information content (AvgIpc) is 2.46. The Balaban J connectivity index is 2.35. The third-order valence-corrected chi connectivity index (χ3v) is 3.01. The summed E-state index contributed by atoms with van der Waals surface area (Å²) in [6.45, 7) is 0. The monoisotopic (exact) mass is 286 g/mol. The van der Waals surface area contributed by atoms with Gasteiger partial charge in [0.2, 0.25) is 0 Å². The van der Waals surface area contributed by atoms with E-state index in [1.165, 1.54) is 6.07 Å². The number of hydrogen-bond donors (Lipinski definition) is 2. The molecule has 1 unspecified atom stereocenters. The van der Waals surface area contributed by atoms with Gasteiger partial charge in [-0.15, -0.1) is 0 Å². The summed E-state index contributed by atoms with van der Waals surface area (Å²) in [4.78, 5) is 19.7. The highest BCUT2D eigenvalue weighted by Gasteiger charge is 2.22. The van der Waals surface area contributed by atoms with Crippen molar-refractivity contribution in [1.29, 1.82) is 0 Å². The predicted octanol–water partition coefficient (Wildman–Crippen LogP) is 1.35. The van der Waals surface area contributed by atoms with Crippen molar-refractivity contribution in [3.8, 4) is 0 Å². The first-order chi connectivity index (χ1) is 10.1. The van der Waals surface area contributed by atoms with Crippen LogP contribution >= 0.6 is 0 Å². The molecule has 21 heavy (non-hydrogen) atoms. The minimum absolute atomic E-state index is 0.161. The van der Waals surface area contributed by atoms with E-state index < -0.39 is 11.8 Å². The van der Waals surface area contributed by atoms with Crippen molar-refractivity contribution in [2.45, 2.75) is 12.3 Å². The Morgan fingerprint density at radius 1 is 1.24 bits per heavy atom. The number of hydrogen-bond acceptors (Lipinski definition) is 2. The van der Waals surface area contributed by atoms with Crippen molar-refractivity contribution in [3.05, 3.63) is 65.7 Å². The summed E-state index contributed by atoms with van der Waals surface area (Å²) in [5.74, 6) is -1.89. The van der Waals surface area contributed by atoms with Crippen LogP contribution in [0.5, 0.6) is 0 Å². The molecule has 0 saturated carbocycles. The minimum atomic E-state index is -0.683. The maximum Gasteiger partial charge on any atom is 0.256 e. The molecule has 1 atom stereocenters. The lowest BCUT2D eigenvalue weighted by Crippen LogP contribution is -2.26. The fourth-order valence-corrected chi connectivity index (χ4v) is 2.02. The zero-order chi connectivity index (χ0) is 15.2. The third kappa shape index (κ3) is 3.85. The molecular formula is C15H15FN4O. The Morgan fingerprint density at radius 2 is 2.00 bits per heavy atom. The van der Waals surface area contributed by atoms with E-state index in [1.54, 1.807) is 42.7 Å². The number of amides is 1. The first-order valence-corrected chi connectivity index (χ1v) is 6.34. The standard InChI is InChI=1S/C15H15FN4O/c16-13-6-2-1-4-10(13)8-12(14(21)20-15(17)18)11-5-3-7-19-9-11/h1-7,9,12H,8H2,(H4,17,18,20,21). The molecule has 0 aliphatic carbocycles. The first-order valence-electron chi connectivity index (χ1n) is 6.34. The Labute approximate surface area is 121 Å². The van der Waals surface area contributed by atoms with E-state index in [2.05, 4.69) is 9.98 Å². The molecule has 0 aliphatic rings. The SMILES string of the molecule is NC(N)=NC(=O)C(Cc1ccccc1F)c1cccnc1. The molecule has 6 heteroatoms. The van der Waals surface area contributed by atoms with Gasteiger partial charge in [0.05, 0.1) is 5.92 Å². The average molecular weight is 286 g/mol. The van der Waals surface area contributed by atoms with Crippen molar-refractivity contribution in [3.63, 3.8) is 0 Å². The van der Waals surface area contributed by atoms with Crippen LogP contribution in [0.15, 0.2) is 53.8 Å². The van der Waals surface area contributed by atoms with Gasteiger partial charge in [0, 0.05) is 12.4 Å². The fraction of sp³-hybridized carbons (Fsp3) is 0.133. The Bertz CT molecular complexity index is 654. The molecule has 0 fully saturated rings. The topological polar surface area (TPSA) is 94.4 Å². The van der Waals surface area contributed by atoms with E-state index in [0.717, 1.165) is 0 Å². The quantitative estimate of drug-likeness (QED) is 0.655. The number of benzene rings is 1. The summed E-state index contributed by atoms with van der Waals surface area (Å²) in [7, 11) is 0. The summed E-state index contributed by atoms with van der Waals surface area (Å²) >= 11 is 0. The van der Waals surface area contributed by atoms with Crippen molar-refractivity contribution in [2.75, 3.05) is 0 Å². The molecule has 1 aromatic carbocycles. The van der Waals surface area contributed by atoms with E-state index >= 15 is 0 Å². The van der Waals surface area contributed by atoms with Crippen molar-refractivity contribution in [2.24, 2.45) is 16.5 Å². The Morgan fingerprint density at radius 3 is 2.62 bits per heavy atom. The highest BCUT2D eigenvalue weighted by Crippen LogP contribution is 2.23. The van der Waals surface area contributed by atoms with Gasteiger partial charge in [-0.05, 0) is 29.7 Å². The molecular weight excluding hydrogens is 271 g/mol. The van der Waals surface area contributed by atoms with Crippen LogP contribution in [0.25, 0.3) is 0 Å². The fourth-order valence-electron chi connectivity index (χ4n) is 2.02. The normalized spacial score (nSPS) is 11.7. The molecule has 2 aromatic rings. The lowest BCUT2D eigenvalue weighted by Gasteiger charge is -2.14. The third-order valence-electron chi connectivity index (χ3n) is 3.01. The van der Waals surface area contributed by atoms with Crippen LogP contribution < -0.4 is 11.5 Å². The number of carbonyl (C=O) groups excluding carboxylic acids is 1. The number of nitrogens with zero attached hydrogens (tertiary/aromatic N) is 2. The molecule has 0 saturated heterocycles. The van der Waals surface area contributed by atoms with Gasteiger partial charge in [0.1, 0.15) is 5.82 Å². The Kier molecular flexibility index (Phi) is 4.61. The summed E-state index contributed by atoms with van der Waals surface area (Å²) in [5, 5.41) is 0. The molecule has 0 aliphatic heterocycles. The van der Waals surface area contributed by atoms with Crippen LogP contribution in [-0.2, 0) is 11.2 Å². The maximum absolute atomic E-state index is 13.8. The smallest absolute Gasteiger partial charge is 0.256 e. The van der Waals surface area contributed by atoms with Gasteiger partial charge < -0.3 is 11.5 Å². The number of carbonyl (C=O) groups is 1. The maximum atomic E-state index is 13.8. The van der Waals surface area contributed by atoms with Crippen LogP contribution in [0, 0.1) is 5.82 Å². The number of rotatable bonds is 4. The zero-order valence-electron chi connectivity index (χ0n) is 11.2. The summed E-state index contributed by atoms with van der Waals surface area (Å²) in [5.41, 5.74) is 11.6. The van der Waals surface area contributed by atoms with E-state index in [0.29, 0.717) is 11.1 Å². The molecule has 0 bridgehead atoms. The van der Waals surface area contributed by atoms with Gasteiger partial charge in [0.15, 0.2) is 5.96 Å². The van der Waals surface area contributed by atoms with E-state index in [-0.39, 0.29) is 18.2 Å². The summed E-state index contributed by atoms with van der Waals surface area (Å²) < 4.78 is 13.8. The lowest BCUT2D eigenvalue weighted by atomic mass is 9.92. The highest BCUT2D eigenvalue weighted by molar-refractivity contribution is 5.95. The molecule has 1 aromatic heterocycles. The molecule has 1 heterocycles. The largest absolute Gasteiger partial charge is 0.370 e. The first kappa shape index (κ1) is 14.6. The lowest BCUT2D eigenvalue weighted by molar-refractivity contribution is -0.119. The van der Waals surface area contributed by atoms with Crippen LogP contribution in [0.2, 0.25) is 0 Å². The number of aliphatic imine (C=N–C) groups is 1. The second-order valence-electron chi connectivity index (χ2n) is 4.51. The molecule has 1 amide bonds. The number of halogens is 1. The van der Waals surface area contributed by atoms with Gasteiger partial charge in [-0.3, -0.25) is 9.78 Å². The van der Waals surface area contributed by atoms with Crippen LogP contribution in [-0.4, -0.2) is 16.9 Å². The molecule has 108 valence electrons. The van der Waals surface area contributed by atoms with Gasteiger partial charge in [0.25, 0.3) is 5.91 Å². The number of aromatic nitrogens is 1. The van der Waals surface area contributed by atoms with E-state index in [4.69, 9.17) is 11.5 Å². The molecule has 4 N–H and O–H groups in total. The molecule has 0 radical (unpaired) electrons. The zero-order valence-corrected chi connectivity index (χ0v) is 11.2. The van der Waals surface area contributed by atoms with Gasteiger partial charge in [-0.2, -0.15) is 4.99 Å². The van der Waals surface area contributed by atoms with Crippen LogP contribution in [0.4, 0.5) is 4.39 Å².